The minimum Gasteiger partial charge on any atom is -0.495 e. The lowest BCUT2D eigenvalue weighted by Crippen LogP contribution is -2.40. The molecule has 1 fully saturated rings. The van der Waals surface area contributed by atoms with Crippen molar-refractivity contribution in [1.82, 2.24) is 9.62 Å². The van der Waals surface area contributed by atoms with Gasteiger partial charge in [-0.25, -0.2) is 8.42 Å². The number of sulfonamides is 1. The highest BCUT2D eigenvalue weighted by atomic mass is 32.2. The van der Waals surface area contributed by atoms with Crippen LogP contribution in [0.4, 0.5) is 0 Å². The van der Waals surface area contributed by atoms with Crippen LogP contribution in [-0.2, 0) is 19.5 Å². The van der Waals surface area contributed by atoms with Crippen LogP contribution >= 0.6 is 0 Å². The van der Waals surface area contributed by atoms with E-state index >= 15 is 0 Å². The molecule has 0 bridgehead atoms. The van der Waals surface area contributed by atoms with Crippen LogP contribution in [0.1, 0.15) is 30.6 Å². The molecule has 8 nitrogen and oxygen atoms in total. The van der Waals surface area contributed by atoms with Gasteiger partial charge in [0, 0.05) is 38.4 Å². The first-order valence-corrected chi connectivity index (χ1v) is 10.9. The third kappa shape index (κ3) is 6.16. The molecular weight excluding hydrogens is 384 g/mol. The number of carbonyl (C=O) groups excluding carboxylic acids is 1. The molecule has 0 unspecified atom stereocenters. The highest BCUT2D eigenvalue weighted by Crippen LogP contribution is 2.28. The predicted molar refractivity (Wildman–Crippen MR) is 105 cm³/mol. The van der Waals surface area contributed by atoms with Crippen molar-refractivity contribution >= 4 is 15.9 Å². The second-order valence-corrected chi connectivity index (χ2v) is 8.87. The molecule has 1 saturated heterocycles. The lowest BCUT2D eigenvalue weighted by Gasteiger charge is -2.26. The molecule has 1 aliphatic rings. The Bertz CT molecular complexity index is 745. The van der Waals surface area contributed by atoms with Crippen LogP contribution in [-0.4, -0.2) is 71.8 Å². The third-order valence-electron chi connectivity index (χ3n) is 4.22. The molecule has 0 atom stereocenters. The normalized spacial score (nSPS) is 15.6. The predicted octanol–water partition coefficient (Wildman–Crippen LogP) is 1.51. The Morgan fingerprint density at radius 3 is 2.64 bits per heavy atom. The maximum atomic E-state index is 13.0. The fraction of sp³-hybridized carbons (Fsp3) is 0.632. The van der Waals surface area contributed by atoms with Gasteiger partial charge in [-0.2, -0.15) is 4.31 Å². The summed E-state index contributed by atoms with van der Waals surface area (Å²) in [4.78, 5) is 12.4. The van der Waals surface area contributed by atoms with E-state index in [-0.39, 0.29) is 35.2 Å². The van der Waals surface area contributed by atoms with Crippen molar-refractivity contribution in [2.45, 2.75) is 25.2 Å². The Hall–Kier alpha value is -1.68. The SMILES string of the molecule is COc1ccc(C(=O)NCCCOCC(C)C)cc1S(=O)(=O)N1CCOCC1. The maximum absolute atomic E-state index is 13.0. The van der Waals surface area contributed by atoms with Gasteiger partial charge in [0.1, 0.15) is 10.6 Å². The van der Waals surface area contributed by atoms with Gasteiger partial charge in [0.2, 0.25) is 10.0 Å². The summed E-state index contributed by atoms with van der Waals surface area (Å²) >= 11 is 0. The van der Waals surface area contributed by atoms with Gasteiger partial charge < -0.3 is 19.5 Å². The van der Waals surface area contributed by atoms with Gasteiger partial charge in [-0.3, -0.25) is 4.79 Å². The first-order chi connectivity index (χ1) is 13.4. The fourth-order valence-electron chi connectivity index (χ4n) is 2.74. The fourth-order valence-corrected chi connectivity index (χ4v) is 4.33. The van der Waals surface area contributed by atoms with Crippen molar-refractivity contribution in [3.05, 3.63) is 23.8 Å². The number of ether oxygens (including phenoxy) is 3. The van der Waals surface area contributed by atoms with Crippen LogP contribution in [0.2, 0.25) is 0 Å². The van der Waals surface area contributed by atoms with Gasteiger partial charge in [-0.05, 0) is 30.5 Å². The first-order valence-electron chi connectivity index (χ1n) is 9.48. The van der Waals surface area contributed by atoms with Crippen molar-refractivity contribution in [2.75, 3.05) is 53.2 Å². The maximum Gasteiger partial charge on any atom is 0.251 e. The number of benzene rings is 1. The van der Waals surface area contributed by atoms with Gasteiger partial charge >= 0.3 is 0 Å². The lowest BCUT2D eigenvalue weighted by atomic mass is 10.2. The Morgan fingerprint density at radius 1 is 1.29 bits per heavy atom. The zero-order chi connectivity index (χ0) is 20.6. The largest absolute Gasteiger partial charge is 0.495 e. The van der Waals surface area contributed by atoms with Gasteiger partial charge in [0.25, 0.3) is 5.91 Å². The minimum absolute atomic E-state index is 0.00943. The second kappa shape index (κ2) is 10.8. The molecule has 0 radical (unpaired) electrons. The van der Waals surface area contributed by atoms with Crippen molar-refractivity contribution in [2.24, 2.45) is 5.92 Å². The molecule has 1 heterocycles. The molecule has 1 aromatic rings. The van der Waals surface area contributed by atoms with Crippen LogP contribution < -0.4 is 10.1 Å². The summed E-state index contributed by atoms with van der Waals surface area (Å²) in [5.41, 5.74) is 0.274. The molecule has 9 heteroatoms. The van der Waals surface area contributed by atoms with Crippen LogP contribution in [0, 0.1) is 5.92 Å². The Kier molecular flexibility index (Phi) is 8.68. The molecule has 0 saturated carbocycles. The summed E-state index contributed by atoms with van der Waals surface area (Å²) in [6.45, 7) is 7.11. The zero-order valence-corrected chi connectivity index (χ0v) is 17.6. The number of morpholine rings is 1. The highest BCUT2D eigenvalue weighted by molar-refractivity contribution is 7.89. The van der Waals surface area contributed by atoms with Crippen LogP contribution in [0.25, 0.3) is 0 Å². The number of carbonyl (C=O) groups is 1. The quantitative estimate of drug-likeness (QED) is 0.583. The number of methoxy groups -OCH3 is 1. The molecule has 158 valence electrons. The van der Waals surface area contributed by atoms with Crippen LogP contribution in [0.15, 0.2) is 23.1 Å². The topological polar surface area (TPSA) is 94.2 Å². The molecule has 1 aliphatic heterocycles. The summed E-state index contributed by atoms with van der Waals surface area (Å²) in [6.07, 6.45) is 0.688. The van der Waals surface area contributed by atoms with Crippen molar-refractivity contribution in [3.63, 3.8) is 0 Å². The molecule has 0 aromatic heterocycles. The van der Waals surface area contributed by atoms with Gasteiger partial charge in [0.05, 0.1) is 20.3 Å². The van der Waals surface area contributed by atoms with E-state index in [4.69, 9.17) is 14.2 Å². The van der Waals surface area contributed by atoms with E-state index in [0.717, 1.165) is 0 Å². The summed E-state index contributed by atoms with van der Waals surface area (Å²) in [6, 6.07) is 4.43. The summed E-state index contributed by atoms with van der Waals surface area (Å²) < 4.78 is 43.2. The number of rotatable bonds is 10. The third-order valence-corrected chi connectivity index (χ3v) is 6.14. The van der Waals surface area contributed by atoms with E-state index in [9.17, 15) is 13.2 Å². The molecule has 2 rings (SSSR count). The summed E-state index contributed by atoms with van der Waals surface area (Å²) in [5.74, 6) is 0.357. The molecule has 1 N–H and O–H groups in total. The smallest absolute Gasteiger partial charge is 0.251 e. The Balaban J connectivity index is 2.04. The summed E-state index contributed by atoms with van der Waals surface area (Å²) in [5, 5.41) is 2.79. The van der Waals surface area contributed by atoms with Crippen LogP contribution in [0.3, 0.4) is 0 Å². The Morgan fingerprint density at radius 2 is 2.00 bits per heavy atom. The molecule has 1 aromatic carbocycles. The van der Waals surface area contributed by atoms with Crippen molar-refractivity contribution in [1.29, 1.82) is 0 Å². The van der Waals surface area contributed by atoms with Crippen LogP contribution in [0.5, 0.6) is 5.75 Å². The average Bonchev–Trinajstić information content (AvgIpc) is 2.70. The number of hydrogen-bond acceptors (Lipinski definition) is 6. The molecule has 0 spiro atoms. The van der Waals surface area contributed by atoms with E-state index in [1.807, 2.05) is 0 Å². The molecular formula is C19H30N2O6S. The monoisotopic (exact) mass is 414 g/mol. The van der Waals surface area contributed by atoms with E-state index in [1.54, 1.807) is 6.07 Å². The van der Waals surface area contributed by atoms with E-state index in [1.165, 1.54) is 23.5 Å². The number of amides is 1. The van der Waals surface area contributed by atoms with Crippen molar-refractivity contribution < 1.29 is 27.4 Å². The van der Waals surface area contributed by atoms with E-state index in [2.05, 4.69) is 19.2 Å². The zero-order valence-electron chi connectivity index (χ0n) is 16.8. The number of nitrogens with one attached hydrogen (secondary N) is 1. The number of hydrogen-bond donors (Lipinski definition) is 1. The van der Waals surface area contributed by atoms with E-state index < -0.39 is 10.0 Å². The van der Waals surface area contributed by atoms with Gasteiger partial charge in [-0.1, -0.05) is 13.8 Å². The molecule has 1 amide bonds. The van der Waals surface area contributed by atoms with Gasteiger partial charge in [-0.15, -0.1) is 0 Å². The Labute approximate surface area is 167 Å². The van der Waals surface area contributed by atoms with Gasteiger partial charge in [0.15, 0.2) is 0 Å². The standard InChI is InChI=1S/C19H30N2O6S/c1-15(2)14-27-10-4-7-20-19(22)16-5-6-17(25-3)18(13-16)28(23,24)21-8-11-26-12-9-21/h5-6,13,15H,4,7-12,14H2,1-3H3,(H,20,22). The number of nitrogens with zero attached hydrogens (tertiary/aromatic N) is 1. The molecule has 28 heavy (non-hydrogen) atoms. The summed E-state index contributed by atoms with van der Waals surface area (Å²) in [7, 11) is -2.37. The average molecular weight is 415 g/mol. The van der Waals surface area contributed by atoms with Crippen molar-refractivity contribution in [3.8, 4) is 5.75 Å². The van der Waals surface area contributed by atoms with E-state index in [0.29, 0.717) is 45.3 Å². The lowest BCUT2D eigenvalue weighted by molar-refractivity contribution is 0.0729. The second-order valence-electron chi connectivity index (χ2n) is 6.96. The highest BCUT2D eigenvalue weighted by Gasteiger charge is 2.30. The minimum atomic E-state index is -3.77. The molecule has 0 aliphatic carbocycles. The first kappa shape index (κ1) is 22.6.